The minimum atomic E-state index is -0.606. The van der Waals surface area contributed by atoms with Crippen molar-refractivity contribution in [3.8, 4) is 6.07 Å². The quantitative estimate of drug-likeness (QED) is 0.942. The number of nitrogens with one attached hydrogen (secondary N) is 1. The highest BCUT2D eigenvalue weighted by molar-refractivity contribution is 6.04. The van der Waals surface area contributed by atoms with Gasteiger partial charge in [0.1, 0.15) is 11.9 Å². The van der Waals surface area contributed by atoms with Crippen LogP contribution < -0.4 is 10.2 Å². The fraction of sp³-hybridized carbons (Fsp3) is 0.125. The van der Waals surface area contributed by atoms with E-state index in [0.717, 1.165) is 11.8 Å². The van der Waals surface area contributed by atoms with Crippen LogP contribution >= 0.6 is 0 Å². The third-order valence-electron chi connectivity index (χ3n) is 2.97. The van der Waals surface area contributed by atoms with Gasteiger partial charge in [-0.25, -0.2) is 4.39 Å². The Hall–Kier alpha value is -2.87. The lowest BCUT2D eigenvalue weighted by molar-refractivity contribution is 0.102. The second kappa shape index (κ2) is 6.06. The molecule has 0 saturated heterocycles. The standard InChI is InChI=1S/C16H14FN3O/c1-20(2)14-5-3-4-11(9-14)16(21)19-13-6-7-15(17)12(8-13)10-18/h3-9H,1-2H3,(H,19,21). The van der Waals surface area contributed by atoms with Gasteiger partial charge < -0.3 is 10.2 Å². The third-order valence-corrected chi connectivity index (χ3v) is 2.97. The fourth-order valence-electron chi connectivity index (χ4n) is 1.82. The number of rotatable bonds is 3. The summed E-state index contributed by atoms with van der Waals surface area (Å²) in [6.45, 7) is 0. The fourth-order valence-corrected chi connectivity index (χ4v) is 1.82. The van der Waals surface area contributed by atoms with Crippen molar-refractivity contribution >= 4 is 17.3 Å². The molecule has 5 heteroatoms. The number of nitrogens with zero attached hydrogens (tertiary/aromatic N) is 2. The average Bonchev–Trinajstić information content (AvgIpc) is 2.49. The van der Waals surface area contributed by atoms with E-state index >= 15 is 0 Å². The summed E-state index contributed by atoms with van der Waals surface area (Å²) in [5.74, 6) is -0.917. The molecule has 2 aromatic rings. The number of hydrogen-bond donors (Lipinski definition) is 1. The highest BCUT2D eigenvalue weighted by Gasteiger charge is 2.09. The molecular formula is C16H14FN3O. The van der Waals surface area contributed by atoms with E-state index in [1.807, 2.05) is 25.1 Å². The first-order chi connectivity index (χ1) is 10.0. The number of nitriles is 1. The summed E-state index contributed by atoms with van der Waals surface area (Å²) in [4.78, 5) is 14.1. The molecule has 2 rings (SSSR count). The van der Waals surface area contributed by atoms with Crippen LogP contribution in [0.2, 0.25) is 0 Å². The zero-order valence-corrected chi connectivity index (χ0v) is 11.7. The van der Waals surface area contributed by atoms with E-state index in [9.17, 15) is 9.18 Å². The molecule has 0 aromatic heterocycles. The maximum absolute atomic E-state index is 13.2. The van der Waals surface area contributed by atoms with Gasteiger partial charge in [0.15, 0.2) is 0 Å². The van der Waals surface area contributed by atoms with E-state index in [1.54, 1.807) is 24.3 Å². The molecule has 0 aliphatic rings. The van der Waals surface area contributed by atoms with Crippen molar-refractivity contribution < 1.29 is 9.18 Å². The maximum atomic E-state index is 13.2. The number of carbonyl (C=O) groups is 1. The molecule has 0 atom stereocenters. The molecule has 1 amide bonds. The molecule has 21 heavy (non-hydrogen) atoms. The van der Waals surface area contributed by atoms with Gasteiger partial charge in [0.25, 0.3) is 5.91 Å². The Kier molecular flexibility index (Phi) is 4.19. The minimum Gasteiger partial charge on any atom is -0.378 e. The molecule has 0 unspecified atom stereocenters. The number of anilines is 2. The number of halogens is 1. The molecule has 4 nitrogen and oxygen atoms in total. The van der Waals surface area contributed by atoms with Gasteiger partial charge in [-0.15, -0.1) is 0 Å². The van der Waals surface area contributed by atoms with Crippen LogP contribution in [-0.2, 0) is 0 Å². The number of benzene rings is 2. The van der Waals surface area contributed by atoms with E-state index in [0.29, 0.717) is 11.3 Å². The number of amides is 1. The van der Waals surface area contributed by atoms with Gasteiger partial charge in [0.05, 0.1) is 5.56 Å². The van der Waals surface area contributed by atoms with Crippen LogP contribution in [0.15, 0.2) is 42.5 Å². The first-order valence-corrected chi connectivity index (χ1v) is 6.29. The third kappa shape index (κ3) is 3.37. The lowest BCUT2D eigenvalue weighted by Crippen LogP contribution is -2.14. The maximum Gasteiger partial charge on any atom is 0.255 e. The Labute approximate surface area is 122 Å². The molecule has 0 aliphatic heterocycles. The molecule has 106 valence electrons. The monoisotopic (exact) mass is 283 g/mol. The van der Waals surface area contributed by atoms with Crippen molar-refractivity contribution in [1.29, 1.82) is 5.26 Å². The normalized spacial score (nSPS) is 9.81. The molecular weight excluding hydrogens is 269 g/mol. The van der Waals surface area contributed by atoms with Gasteiger partial charge in [0, 0.05) is 31.0 Å². The molecule has 0 saturated carbocycles. The molecule has 0 spiro atoms. The minimum absolute atomic E-state index is 0.102. The summed E-state index contributed by atoms with van der Waals surface area (Å²) in [5.41, 5.74) is 1.67. The molecule has 1 N–H and O–H groups in total. The first kappa shape index (κ1) is 14.5. The zero-order valence-electron chi connectivity index (χ0n) is 11.7. The van der Waals surface area contributed by atoms with Crippen LogP contribution in [-0.4, -0.2) is 20.0 Å². The molecule has 0 radical (unpaired) electrons. The average molecular weight is 283 g/mol. The number of hydrogen-bond acceptors (Lipinski definition) is 3. The van der Waals surface area contributed by atoms with Crippen molar-refractivity contribution in [2.24, 2.45) is 0 Å². The molecule has 0 bridgehead atoms. The second-order valence-corrected chi connectivity index (χ2v) is 4.71. The summed E-state index contributed by atoms with van der Waals surface area (Å²) >= 11 is 0. The molecule has 2 aromatic carbocycles. The van der Waals surface area contributed by atoms with Crippen molar-refractivity contribution in [3.63, 3.8) is 0 Å². The highest BCUT2D eigenvalue weighted by atomic mass is 19.1. The van der Waals surface area contributed by atoms with Crippen LogP contribution in [0.5, 0.6) is 0 Å². The van der Waals surface area contributed by atoms with Gasteiger partial charge in [0.2, 0.25) is 0 Å². The largest absolute Gasteiger partial charge is 0.378 e. The van der Waals surface area contributed by atoms with Gasteiger partial charge in [-0.1, -0.05) is 6.07 Å². The van der Waals surface area contributed by atoms with E-state index in [1.165, 1.54) is 12.1 Å². The van der Waals surface area contributed by atoms with Gasteiger partial charge in [-0.05, 0) is 36.4 Å². The van der Waals surface area contributed by atoms with E-state index in [2.05, 4.69) is 5.32 Å². The highest BCUT2D eigenvalue weighted by Crippen LogP contribution is 2.17. The van der Waals surface area contributed by atoms with Crippen LogP contribution in [0.1, 0.15) is 15.9 Å². The smallest absolute Gasteiger partial charge is 0.255 e. The topological polar surface area (TPSA) is 56.1 Å². The lowest BCUT2D eigenvalue weighted by Gasteiger charge is -2.13. The van der Waals surface area contributed by atoms with Crippen molar-refractivity contribution in [2.45, 2.75) is 0 Å². The summed E-state index contributed by atoms with van der Waals surface area (Å²) in [7, 11) is 3.77. The number of carbonyl (C=O) groups excluding carboxylic acids is 1. The van der Waals surface area contributed by atoms with Crippen LogP contribution in [0.3, 0.4) is 0 Å². The zero-order chi connectivity index (χ0) is 15.4. The van der Waals surface area contributed by atoms with Crippen LogP contribution in [0.25, 0.3) is 0 Å². The molecule has 0 heterocycles. The van der Waals surface area contributed by atoms with Gasteiger partial charge >= 0.3 is 0 Å². The SMILES string of the molecule is CN(C)c1cccc(C(=O)Nc2ccc(F)c(C#N)c2)c1. The van der Waals surface area contributed by atoms with Crippen molar-refractivity contribution in [2.75, 3.05) is 24.3 Å². The Bertz CT molecular complexity index is 720. The van der Waals surface area contributed by atoms with Crippen molar-refractivity contribution in [1.82, 2.24) is 0 Å². The Morgan fingerprint density at radius 2 is 2.00 bits per heavy atom. The summed E-state index contributed by atoms with van der Waals surface area (Å²) in [6, 6.07) is 12.8. The Morgan fingerprint density at radius 3 is 2.67 bits per heavy atom. The van der Waals surface area contributed by atoms with E-state index in [4.69, 9.17) is 5.26 Å². The molecule has 0 fully saturated rings. The summed E-state index contributed by atoms with van der Waals surface area (Å²) in [5, 5.41) is 11.4. The van der Waals surface area contributed by atoms with Gasteiger partial charge in [-0.3, -0.25) is 4.79 Å². The summed E-state index contributed by atoms with van der Waals surface area (Å²) in [6.07, 6.45) is 0. The predicted octanol–water partition coefficient (Wildman–Crippen LogP) is 3.02. The molecule has 0 aliphatic carbocycles. The Balaban J connectivity index is 2.22. The predicted molar refractivity (Wildman–Crippen MR) is 79.8 cm³/mol. The summed E-state index contributed by atoms with van der Waals surface area (Å²) < 4.78 is 13.2. The lowest BCUT2D eigenvalue weighted by atomic mass is 10.1. The first-order valence-electron chi connectivity index (χ1n) is 6.29. The van der Waals surface area contributed by atoms with Gasteiger partial charge in [-0.2, -0.15) is 5.26 Å². The Morgan fingerprint density at radius 1 is 1.24 bits per heavy atom. The van der Waals surface area contributed by atoms with Crippen molar-refractivity contribution in [3.05, 3.63) is 59.4 Å². The van der Waals surface area contributed by atoms with E-state index < -0.39 is 5.82 Å². The second-order valence-electron chi connectivity index (χ2n) is 4.71. The van der Waals surface area contributed by atoms with Crippen LogP contribution in [0.4, 0.5) is 15.8 Å². The van der Waals surface area contributed by atoms with E-state index in [-0.39, 0.29) is 11.5 Å². The van der Waals surface area contributed by atoms with Crippen LogP contribution in [0, 0.1) is 17.1 Å².